The highest BCUT2D eigenvalue weighted by Crippen LogP contribution is 2.39. The van der Waals surface area contributed by atoms with Crippen LogP contribution in [0.3, 0.4) is 0 Å². The first-order valence-corrected chi connectivity index (χ1v) is 8.94. The van der Waals surface area contributed by atoms with E-state index in [0.717, 1.165) is 12.8 Å². The smallest absolute Gasteiger partial charge is 0.241 e. The van der Waals surface area contributed by atoms with Crippen LogP contribution in [0.25, 0.3) is 0 Å². The number of nitrogen functional groups attached to an aromatic ring is 1. The standard InChI is InChI=1S/C14H19ClN2O3S/c1-8-11(16)6-10(15)7-13(8)21(18,19)17-12-4-5-20-14(12)9-2-3-9/h6-7,9,12,14,17H,2-5,16H2,1H3. The van der Waals surface area contributed by atoms with Gasteiger partial charge in [-0.05, 0) is 49.8 Å². The number of hydrogen-bond donors (Lipinski definition) is 2. The maximum atomic E-state index is 12.6. The van der Waals surface area contributed by atoms with E-state index in [2.05, 4.69) is 4.72 Å². The normalized spacial score (nSPS) is 26.2. The summed E-state index contributed by atoms with van der Waals surface area (Å²) in [4.78, 5) is 0.147. The van der Waals surface area contributed by atoms with Crippen molar-refractivity contribution in [2.45, 2.75) is 43.2 Å². The molecule has 1 aromatic rings. The number of nitrogens with two attached hydrogens (primary N) is 1. The minimum absolute atomic E-state index is 0.00314. The van der Waals surface area contributed by atoms with Crippen LogP contribution in [0.1, 0.15) is 24.8 Å². The number of benzene rings is 1. The lowest BCUT2D eigenvalue weighted by atomic mass is 10.1. The molecule has 5 nitrogen and oxygen atoms in total. The number of anilines is 1. The number of nitrogens with one attached hydrogen (secondary N) is 1. The molecule has 2 unspecified atom stereocenters. The largest absolute Gasteiger partial charge is 0.398 e. The van der Waals surface area contributed by atoms with Crippen molar-refractivity contribution >= 4 is 27.3 Å². The molecule has 21 heavy (non-hydrogen) atoms. The summed E-state index contributed by atoms with van der Waals surface area (Å²) in [5, 5.41) is 0.319. The first-order chi connectivity index (χ1) is 9.88. The lowest BCUT2D eigenvalue weighted by Crippen LogP contribution is -2.41. The van der Waals surface area contributed by atoms with E-state index in [1.54, 1.807) is 13.0 Å². The summed E-state index contributed by atoms with van der Waals surface area (Å²) in [6, 6.07) is 2.83. The van der Waals surface area contributed by atoms with Gasteiger partial charge in [0, 0.05) is 17.3 Å². The van der Waals surface area contributed by atoms with E-state index in [1.807, 2.05) is 0 Å². The van der Waals surface area contributed by atoms with Crippen LogP contribution in [0.5, 0.6) is 0 Å². The predicted molar refractivity (Wildman–Crippen MR) is 81.8 cm³/mol. The van der Waals surface area contributed by atoms with Crippen molar-refractivity contribution < 1.29 is 13.2 Å². The molecule has 1 heterocycles. The molecule has 7 heteroatoms. The van der Waals surface area contributed by atoms with Gasteiger partial charge in [-0.3, -0.25) is 0 Å². The zero-order valence-electron chi connectivity index (χ0n) is 11.8. The van der Waals surface area contributed by atoms with Gasteiger partial charge in [0.2, 0.25) is 10.0 Å². The Morgan fingerprint density at radius 1 is 1.33 bits per heavy atom. The zero-order valence-corrected chi connectivity index (χ0v) is 13.4. The van der Waals surface area contributed by atoms with Gasteiger partial charge in [-0.15, -0.1) is 0 Å². The first kappa shape index (κ1) is 15.1. The van der Waals surface area contributed by atoms with Gasteiger partial charge in [-0.2, -0.15) is 0 Å². The zero-order chi connectivity index (χ0) is 15.2. The van der Waals surface area contributed by atoms with E-state index in [4.69, 9.17) is 22.1 Å². The lowest BCUT2D eigenvalue weighted by molar-refractivity contribution is 0.0848. The Hall–Kier alpha value is -0.820. The molecular formula is C14H19ClN2O3S. The molecule has 1 aliphatic carbocycles. The van der Waals surface area contributed by atoms with Crippen LogP contribution in [0.15, 0.2) is 17.0 Å². The van der Waals surface area contributed by atoms with Gasteiger partial charge in [0.25, 0.3) is 0 Å². The number of halogens is 1. The van der Waals surface area contributed by atoms with E-state index in [1.165, 1.54) is 6.07 Å². The quantitative estimate of drug-likeness (QED) is 0.828. The van der Waals surface area contributed by atoms with Gasteiger partial charge in [0.1, 0.15) is 0 Å². The molecule has 0 amide bonds. The summed E-state index contributed by atoms with van der Waals surface area (Å²) in [6.07, 6.45) is 2.93. The fraction of sp³-hybridized carbons (Fsp3) is 0.571. The third-order valence-electron chi connectivity index (χ3n) is 4.18. The summed E-state index contributed by atoms with van der Waals surface area (Å²) >= 11 is 5.94. The topological polar surface area (TPSA) is 81.4 Å². The van der Waals surface area contributed by atoms with Gasteiger partial charge >= 0.3 is 0 Å². The van der Waals surface area contributed by atoms with Crippen LogP contribution in [-0.2, 0) is 14.8 Å². The van der Waals surface area contributed by atoms with Crippen molar-refractivity contribution in [3.05, 3.63) is 22.7 Å². The molecule has 1 aromatic carbocycles. The molecule has 2 atom stereocenters. The Labute approximate surface area is 129 Å². The molecule has 2 aliphatic rings. The minimum atomic E-state index is -3.65. The Balaban J connectivity index is 1.87. The molecule has 3 rings (SSSR count). The maximum absolute atomic E-state index is 12.6. The van der Waals surface area contributed by atoms with Gasteiger partial charge in [0.15, 0.2) is 0 Å². The Bertz CT molecular complexity index is 658. The summed E-state index contributed by atoms with van der Waals surface area (Å²) in [5.41, 5.74) is 6.71. The van der Waals surface area contributed by atoms with Gasteiger partial charge < -0.3 is 10.5 Å². The van der Waals surface area contributed by atoms with E-state index < -0.39 is 10.0 Å². The molecule has 1 saturated carbocycles. The van der Waals surface area contributed by atoms with Crippen LogP contribution in [0.4, 0.5) is 5.69 Å². The lowest BCUT2D eigenvalue weighted by Gasteiger charge is -2.20. The van der Waals surface area contributed by atoms with Crippen molar-refractivity contribution in [2.75, 3.05) is 12.3 Å². The average molecular weight is 331 g/mol. The Morgan fingerprint density at radius 3 is 2.71 bits per heavy atom. The Morgan fingerprint density at radius 2 is 2.05 bits per heavy atom. The third kappa shape index (κ3) is 3.04. The second kappa shape index (κ2) is 5.43. The van der Waals surface area contributed by atoms with E-state index in [-0.39, 0.29) is 17.0 Å². The van der Waals surface area contributed by atoms with Crippen LogP contribution >= 0.6 is 11.6 Å². The van der Waals surface area contributed by atoms with E-state index in [0.29, 0.717) is 35.2 Å². The summed E-state index contributed by atoms with van der Waals surface area (Å²) in [7, 11) is -3.65. The van der Waals surface area contributed by atoms with E-state index in [9.17, 15) is 8.42 Å². The Kier molecular flexibility index (Phi) is 3.90. The fourth-order valence-corrected chi connectivity index (χ4v) is 4.71. The fourth-order valence-electron chi connectivity index (χ4n) is 2.84. The highest BCUT2D eigenvalue weighted by atomic mass is 35.5. The van der Waals surface area contributed by atoms with Crippen molar-refractivity contribution in [2.24, 2.45) is 5.92 Å². The molecule has 116 valence electrons. The first-order valence-electron chi connectivity index (χ1n) is 7.08. The monoisotopic (exact) mass is 330 g/mol. The summed E-state index contributed by atoms with van der Waals surface area (Å²) < 4.78 is 33.7. The molecule has 0 bridgehead atoms. The molecular weight excluding hydrogens is 312 g/mol. The van der Waals surface area contributed by atoms with Crippen LogP contribution in [-0.4, -0.2) is 27.2 Å². The molecule has 2 fully saturated rings. The molecule has 3 N–H and O–H groups in total. The van der Waals surface area contributed by atoms with Gasteiger partial charge in [-0.25, -0.2) is 13.1 Å². The SMILES string of the molecule is Cc1c(N)cc(Cl)cc1S(=O)(=O)NC1CCOC1C1CC1. The van der Waals surface area contributed by atoms with Gasteiger partial charge in [-0.1, -0.05) is 11.6 Å². The number of ether oxygens (including phenoxy) is 1. The van der Waals surface area contributed by atoms with Crippen molar-refractivity contribution in [3.8, 4) is 0 Å². The second-order valence-corrected chi connectivity index (χ2v) is 7.93. The van der Waals surface area contributed by atoms with E-state index >= 15 is 0 Å². The molecule has 0 spiro atoms. The molecule has 1 aliphatic heterocycles. The molecule has 0 radical (unpaired) electrons. The average Bonchev–Trinajstić information content (AvgIpc) is 3.14. The molecule has 1 saturated heterocycles. The van der Waals surface area contributed by atoms with Gasteiger partial charge in [0.05, 0.1) is 17.0 Å². The number of sulfonamides is 1. The third-order valence-corrected chi connectivity index (χ3v) is 6.02. The second-order valence-electron chi connectivity index (χ2n) is 5.81. The maximum Gasteiger partial charge on any atom is 0.241 e. The number of rotatable bonds is 4. The summed E-state index contributed by atoms with van der Waals surface area (Å²) in [5.74, 6) is 0.491. The highest BCUT2D eigenvalue weighted by Gasteiger charge is 2.42. The predicted octanol–water partition coefficient (Wildman–Crippen LogP) is 2.08. The van der Waals surface area contributed by atoms with Crippen LogP contribution < -0.4 is 10.5 Å². The van der Waals surface area contributed by atoms with Crippen LogP contribution in [0, 0.1) is 12.8 Å². The number of hydrogen-bond acceptors (Lipinski definition) is 4. The van der Waals surface area contributed by atoms with Crippen LogP contribution in [0.2, 0.25) is 5.02 Å². The minimum Gasteiger partial charge on any atom is -0.398 e. The van der Waals surface area contributed by atoms with Crippen molar-refractivity contribution in [1.82, 2.24) is 4.72 Å². The molecule has 0 aromatic heterocycles. The summed E-state index contributed by atoms with van der Waals surface area (Å²) in [6.45, 7) is 2.29. The van der Waals surface area contributed by atoms with Crippen molar-refractivity contribution in [1.29, 1.82) is 0 Å². The highest BCUT2D eigenvalue weighted by molar-refractivity contribution is 7.89. The van der Waals surface area contributed by atoms with Crippen molar-refractivity contribution in [3.63, 3.8) is 0 Å².